The van der Waals surface area contributed by atoms with Gasteiger partial charge in [-0.25, -0.2) is 0 Å². The van der Waals surface area contributed by atoms with E-state index in [1.54, 1.807) is 13.8 Å². The highest BCUT2D eigenvalue weighted by atomic mass is 35.5. The number of anilines is 1. The Morgan fingerprint density at radius 1 is 1.21 bits per heavy atom. The molecule has 0 fully saturated rings. The highest BCUT2D eigenvalue weighted by molar-refractivity contribution is 6.39. The van der Waals surface area contributed by atoms with E-state index in [4.69, 9.17) is 34.7 Å². The summed E-state index contributed by atoms with van der Waals surface area (Å²) in [7, 11) is 0. The van der Waals surface area contributed by atoms with Gasteiger partial charge in [0.2, 0.25) is 5.91 Å². The Balaban J connectivity index is 2.98. The first-order valence-electron chi connectivity index (χ1n) is 5.58. The second kappa shape index (κ2) is 6.12. The predicted molar refractivity (Wildman–Crippen MR) is 76.2 cm³/mol. The van der Waals surface area contributed by atoms with Gasteiger partial charge in [0.15, 0.2) is 0 Å². The molecular formula is C12H15Cl2N3O2. The van der Waals surface area contributed by atoms with E-state index < -0.39 is 17.9 Å². The molecule has 19 heavy (non-hydrogen) atoms. The van der Waals surface area contributed by atoms with Crippen molar-refractivity contribution < 1.29 is 9.59 Å². The Bertz CT molecular complexity index is 495. The van der Waals surface area contributed by atoms with Crippen molar-refractivity contribution in [3.8, 4) is 0 Å². The maximum absolute atomic E-state index is 12.0. The zero-order valence-corrected chi connectivity index (χ0v) is 12.0. The van der Waals surface area contributed by atoms with Crippen molar-refractivity contribution in [2.75, 3.05) is 5.73 Å². The van der Waals surface area contributed by atoms with Crippen molar-refractivity contribution in [1.82, 2.24) is 5.32 Å². The van der Waals surface area contributed by atoms with Gasteiger partial charge in [0.05, 0.1) is 15.7 Å². The molecule has 0 aliphatic heterocycles. The van der Waals surface area contributed by atoms with Crippen molar-refractivity contribution in [2.45, 2.75) is 19.9 Å². The number of carbonyl (C=O) groups excluding carboxylic acids is 2. The Morgan fingerprint density at radius 2 is 1.68 bits per heavy atom. The maximum Gasteiger partial charge on any atom is 0.252 e. The van der Waals surface area contributed by atoms with Gasteiger partial charge >= 0.3 is 0 Å². The van der Waals surface area contributed by atoms with Crippen molar-refractivity contribution in [3.63, 3.8) is 0 Å². The van der Waals surface area contributed by atoms with E-state index in [0.29, 0.717) is 0 Å². The minimum Gasteiger partial charge on any atom is -0.396 e. The lowest BCUT2D eigenvalue weighted by Gasteiger charge is -2.19. The van der Waals surface area contributed by atoms with Gasteiger partial charge in [0.25, 0.3) is 5.91 Å². The molecule has 0 aromatic heterocycles. The minimum atomic E-state index is -0.761. The van der Waals surface area contributed by atoms with Crippen LogP contribution in [0.15, 0.2) is 12.1 Å². The highest BCUT2D eigenvalue weighted by Gasteiger charge is 2.22. The quantitative estimate of drug-likeness (QED) is 0.740. The highest BCUT2D eigenvalue weighted by Crippen LogP contribution is 2.28. The van der Waals surface area contributed by atoms with Crippen LogP contribution < -0.4 is 16.8 Å². The molecule has 0 aliphatic carbocycles. The molecule has 1 rings (SSSR count). The molecule has 1 aromatic rings. The molecule has 1 unspecified atom stereocenters. The third-order valence-electron chi connectivity index (χ3n) is 2.60. The summed E-state index contributed by atoms with van der Waals surface area (Å²) in [6.07, 6.45) is 0. The molecule has 0 saturated heterocycles. The van der Waals surface area contributed by atoms with Gasteiger partial charge in [0.1, 0.15) is 6.04 Å². The lowest BCUT2D eigenvalue weighted by atomic mass is 10.0. The zero-order valence-electron chi connectivity index (χ0n) is 10.5. The fourth-order valence-corrected chi connectivity index (χ4v) is 1.99. The normalized spacial score (nSPS) is 12.3. The van der Waals surface area contributed by atoms with Gasteiger partial charge in [-0.3, -0.25) is 9.59 Å². The monoisotopic (exact) mass is 303 g/mol. The number of nitrogens with two attached hydrogens (primary N) is 2. The van der Waals surface area contributed by atoms with Gasteiger partial charge in [-0.1, -0.05) is 37.0 Å². The number of hydrogen-bond acceptors (Lipinski definition) is 3. The van der Waals surface area contributed by atoms with Gasteiger partial charge in [-0.05, 0) is 18.1 Å². The van der Waals surface area contributed by atoms with E-state index >= 15 is 0 Å². The Morgan fingerprint density at radius 3 is 2.05 bits per heavy atom. The number of halogens is 2. The Kier molecular flexibility index (Phi) is 5.03. The summed E-state index contributed by atoms with van der Waals surface area (Å²) >= 11 is 11.7. The van der Waals surface area contributed by atoms with Crippen molar-refractivity contribution in [3.05, 3.63) is 27.7 Å². The fraction of sp³-hybridized carbons (Fsp3) is 0.333. The van der Waals surface area contributed by atoms with E-state index in [1.807, 2.05) is 0 Å². The molecule has 0 aliphatic rings. The smallest absolute Gasteiger partial charge is 0.252 e. The summed E-state index contributed by atoms with van der Waals surface area (Å²) in [6.45, 7) is 3.55. The molecule has 0 bridgehead atoms. The molecule has 5 nitrogen and oxygen atoms in total. The largest absolute Gasteiger partial charge is 0.396 e. The van der Waals surface area contributed by atoms with Gasteiger partial charge in [-0.2, -0.15) is 0 Å². The summed E-state index contributed by atoms with van der Waals surface area (Å²) in [5.41, 5.74) is 11.2. The lowest BCUT2D eigenvalue weighted by Crippen LogP contribution is -2.47. The zero-order chi connectivity index (χ0) is 14.7. The molecule has 5 N–H and O–H groups in total. The number of rotatable bonds is 4. The third-order valence-corrected chi connectivity index (χ3v) is 3.23. The lowest BCUT2D eigenvalue weighted by molar-refractivity contribution is -0.120. The first-order valence-corrected chi connectivity index (χ1v) is 6.34. The second-order valence-corrected chi connectivity index (χ2v) is 5.27. The fourth-order valence-electron chi connectivity index (χ4n) is 1.51. The molecule has 0 spiro atoms. The summed E-state index contributed by atoms with van der Waals surface area (Å²) in [5.74, 6) is -1.21. The van der Waals surface area contributed by atoms with E-state index in [0.717, 1.165) is 0 Å². The van der Waals surface area contributed by atoms with Crippen LogP contribution >= 0.6 is 23.2 Å². The molecule has 7 heteroatoms. The van der Waals surface area contributed by atoms with Crippen molar-refractivity contribution in [2.24, 2.45) is 11.7 Å². The standard InChI is InChI=1S/C12H15Cl2N3O2/c1-5(2)10(11(16)18)17-12(19)6-3-7(13)9(15)8(14)4-6/h3-5,10H,15H2,1-2H3,(H2,16,18)(H,17,19). The van der Waals surface area contributed by atoms with E-state index in [1.165, 1.54) is 12.1 Å². The molecule has 0 saturated carbocycles. The van der Waals surface area contributed by atoms with E-state index in [-0.39, 0.29) is 27.2 Å². The summed E-state index contributed by atoms with van der Waals surface area (Å²) in [4.78, 5) is 23.2. The van der Waals surface area contributed by atoms with Crippen LogP contribution in [-0.4, -0.2) is 17.9 Å². The number of hydrogen-bond donors (Lipinski definition) is 3. The Labute approximate surface area is 121 Å². The molecule has 104 valence electrons. The van der Waals surface area contributed by atoms with Gasteiger partial charge < -0.3 is 16.8 Å². The maximum atomic E-state index is 12.0. The van der Waals surface area contributed by atoms with Crippen LogP contribution in [0.5, 0.6) is 0 Å². The van der Waals surface area contributed by atoms with Crippen LogP contribution in [0, 0.1) is 5.92 Å². The molecular weight excluding hydrogens is 289 g/mol. The van der Waals surface area contributed by atoms with E-state index in [2.05, 4.69) is 5.32 Å². The number of benzene rings is 1. The average Bonchev–Trinajstić information content (AvgIpc) is 2.31. The van der Waals surface area contributed by atoms with Crippen LogP contribution in [0.2, 0.25) is 10.0 Å². The molecule has 2 amide bonds. The predicted octanol–water partition coefficient (Wildman–Crippen LogP) is 1.82. The van der Waals surface area contributed by atoms with E-state index in [9.17, 15) is 9.59 Å². The van der Waals surface area contributed by atoms with Crippen LogP contribution in [0.4, 0.5) is 5.69 Å². The number of nitrogens with one attached hydrogen (secondary N) is 1. The van der Waals surface area contributed by atoms with Gasteiger partial charge in [-0.15, -0.1) is 0 Å². The van der Waals surface area contributed by atoms with Crippen molar-refractivity contribution in [1.29, 1.82) is 0 Å². The van der Waals surface area contributed by atoms with Crippen molar-refractivity contribution >= 4 is 40.7 Å². The molecule has 1 aromatic carbocycles. The molecule has 0 radical (unpaired) electrons. The average molecular weight is 304 g/mol. The minimum absolute atomic E-state index is 0.124. The summed E-state index contributed by atoms with van der Waals surface area (Å²) < 4.78 is 0. The molecule has 0 heterocycles. The van der Waals surface area contributed by atoms with Gasteiger partial charge in [0, 0.05) is 5.56 Å². The first kappa shape index (κ1) is 15.6. The topological polar surface area (TPSA) is 98.2 Å². The number of nitrogen functional groups attached to an aromatic ring is 1. The summed E-state index contributed by atoms with van der Waals surface area (Å²) in [5, 5.41) is 2.89. The van der Waals surface area contributed by atoms with Crippen LogP contribution in [0.1, 0.15) is 24.2 Å². The number of amides is 2. The number of primary amides is 1. The van der Waals surface area contributed by atoms with Crippen LogP contribution in [0.3, 0.4) is 0 Å². The number of carbonyl (C=O) groups is 2. The SMILES string of the molecule is CC(C)C(NC(=O)c1cc(Cl)c(N)c(Cl)c1)C(N)=O. The van der Waals surface area contributed by atoms with Crippen LogP contribution in [-0.2, 0) is 4.79 Å². The molecule has 1 atom stereocenters. The Hall–Kier alpha value is -1.46. The third kappa shape index (κ3) is 3.75. The van der Waals surface area contributed by atoms with Crippen LogP contribution in [0.25, 0.3) is 0 Å². The summed E-state index contributed by atoms with van der Waals surface area (Å²) in [6, 6.07) is 2.01. The first-order chi connectivity index (χ1) is 8.73. The second-order valence-electron chi connectivity index (χ2n) is 4.45.